The van der Waals surface area contributed by atoms with Gasteiger partial charge in [0, 0.05) is 6.54 Å². The maximum absolute atomic E-state index is 13.3. The zero-order chi connectivity index (χ0) is 18.2. The highest BCUT2D eigenvalue weighted by molar-refractivity contribution is 14.1. The second-order valence-corrected chi connectivity index (χ2v) is 6.78. The van der Waals surface area contributed by atoms with Gasteiger partial charge >= 0.3 is 12.3 Å². The van der Waals surface area contributed by atoms with Crippen molar-refractivity contribution in [2.45, 2.75) is 32.2 Å². The summed E-state index contributed by atoms with van der Waals surface area (Å²) in [7, 11) is 0. The fraction of sp³-hybridized carbons (Fsp3) is 0.375. The van der Waals surface area contributed by atoms with Crippen LogP contribution in [0.5, 0.6) is 0 Å². The molecule has 25 heavy (non-hydrogen) atoms. The van der Waals surface area contributed by atoms with Gasteiger partial charge in [-0.15, -0.1) is 0 Å². The number of benzene rings is 1. The third kappa shape index (κ3) is 3.60. The lowest BCUT2D eigenvalue weighted by Gasteiger charge is -2.33. The first-order chi connectivity index (χ1) is 11.8. The summed E-state index contributed by atoms with van der Waals surface area (Å²) in [6.07, 6.45) is -5.35. The largest absolute Gasteiger partial charge is 0.444 e. The van der Waals surface area contributed by atoms with Crippen LogP contribution >= 0.6 is 22.6 Å². The number of carbonyl (C=O) groups is 1. The number of hydrogen-bond acceptors (Lipinski definition) is 3. The van der Waals surface area contributed by atoms with Crippen molar-refractivity contribution in [3.05, 3.63) is 45.2 Å². The first-order valence-electron chi connectivity index (χ1n) is 7.58. The van der Waals surface area contributed by atoms with E-state index < -0.39 is 18.3 Å². The van der Waals surface area contributed by atoms with Gasteiger partial charge in [0.05, 0.1) is 9.26 Å². The van der Waals surface area contributed by atoms with Gasteiger partial charge < -0.3 is 4.74 Å². The molecule has 0 spiro atoms. The molecule has 9 heteroatoms. The number of anilines is 1. The average Bonchev–Trinajstić information content (AvgIpc) is 2.87. The van der Waals surface area contributed by atoms with Gasteiger partial charge in [0.1, 0.15) is 6.61 Å². The van der Waals surface area contributed by atoms with E-state index in [-0.39, 0.29) is 25.4 Å². The Balaban J connectivity index is 1.84. The van der Waals surface area contributed by atoms with Gasteiger partial charge in [-0.3, -0.25) is 4.90 Å². The number of rotatable bonds is 2. The molecular formula is C16H15F3IN3O2. The quantitative estimate of drug-likeness (QED) is 0.617. The molecule has 1 amide bonds. The molecule has 0 fully saturated rings. The number of aromatic nitrogens is 2. The summed E-state index contributed by atoms with van der Waals surface area (Å²) in [6.45, 7) is 1.61. The molecule has 0 saturated heterocycles. The van der Waals surface area contributed by atoms with Crippen LogP contribution in [-0.4, -0.2) is 28.6 Å². The molecule has 0 N–H and O–H groups in total. The lowest BCUT2D eigenvalue weighted by Crippen LogP contribution is -2.43. The summed E-state index contributed by atoms with van der Waals surface area (Å²) < 4.78 is 46.5. The van der Waals surface area contributed by atoms with Crippen molar-refractivity contribution < 1.29 is 22.7 Å². The molecule has 1 aromatic carbocycles. The Bertz CT molecular complexity index is 777. The summed E-state index contributed by atoms with van der Waals surface area (Å²) in [5.41, 5.74) is 1.26. The van der Waals surface area contributed by atoms with E-state index in [9.17, 15) is 18.0 Å². The van der Waals surface area contributed by atoms with Crippen LogP contribution in [0.25, 0.3) is 0 Å². The molecule has 0 saturated carbocycles. The van der Waals surface area contributed by atoms with Crippen molar-refractivity contribution in [1.82, 2.24) is 9.78 Å². The Morgan fingerprint density at radius 3 is 2.68 bits per heavy atom. The van der Waals surface area contributed by atoms with Crippen molar-refractivity contribution >= 4 is 34.5 Å². The Labute approximate surface area is 155 Å². The number of aryl methyl sites for hydroxylation is 1. The number of amides is 1. The van der Waals surface area contributed by atoms with Crippen LogP contribution in [0, 0.1) is 10.5 Å². The maximum Gasteiger partial charge on any atom is 0.415 e. The minimum atomic E-state index is -4.42. The van der Waals surface area contributed by atoms with Crippen molar-refractivity contribution in [2.75, 3.05) is 11.4 Å². The molecule has 2 heterocycles. The van der Waals surface area contributed by atoms with Crippen molar-refractivity contribution in [3.63, 3.8) is 0 Å². The smallest absolute Gasteiger partial charge is 0.415 e. The molecule has 2 aromatic rings. The number of halogens is 4. The number of hydrogen-bond donors (Lipinski definition) is 0. The molecule has 5 nitrogen and oxygen atoms in total. The second kappa shape index (κ2) is 6.85. The molecule has 1 aliphatic heterocycles. The van der Waals surface area contributed by atoms with E-state index in [4.69, 9.17) is 4.74 Å². The van der Waals surface area contributed by atoms with Gasteiger partial charge in [0.2, 0.25) is 0 Å². The second-order valence-electron chi connectivity index (χ2n) is 5.71. The number of nitrogens with zero attached hydrogens (tertiary/aromatic N) is 3. The van der Waals surface area contributed by atoms with Gasteiger partial charge in [0.25, 0.3) is 0 Å². The van der Waals surface area contributed by atoms with Crippen LogP contribution in [0.2, 0.25) is 0 Å². The van der Waals surface area contributed by atoms with Gasteiger partial charge in [-0.1, -0.05) is 30.3 Å². The SMILES string of the molecule is Cc1nn2c(c1I)N(C(=O)OCc1ccccc1)CCC2C(F)(F)F. The average molecular weight is 465 g/mol. The molecular weight excluding hydrogens is 450 g/mol. The predicted molar refractivity (Wildman–Crippen MR) is 93.4 cm³/mol. The molecule has 1 unspecified atom stereocenters. The standard InChI is InChI=1S/C16H15F3IN3O2/c1-10-13(20)14-22(8-7-12(16(17,18)19)23(14)21-10)15(24)25-9-11-5-3-2-4-6-11/h2-6,12H,7-9H2,1H3. The highest BCUT2D eigenvalue weighted by atomic mass is 127. The molecule has 0 bridgehead atoms. The minimum absolute atomic E-state index is 0.0581. The first-order valence-corrected chi connectivity index (χ1v) is 8.66. The number of carbonyl (C=O) groups excluding carboxylic acids is 1. The molecule has 1 atom stereocenters. The van der Waals surface area contributed by atoms with E-state index in [1.165, 1.54) is 4.90 Å². The third-order valence-electron chi connectivity index (χ3n) is 3.97. The highest BCUT2D eigenvalue weighted by Gasteiger charge is 2.47. The fourth-order valence-corrected chi connectivity index (χ4v) is 3.38. The van der Waals surface area contributed by atoms with E-state index in [1.54, 1.807) is 19.1 Å². The molecule has 1 aliphatic rings. The lowest BCUT2D eigenvalue weighted by molar-refractivity contribution is -0.172. The summed E-state index contributed by atoms with van der Waals surface area (Å²) in [4.78, 5) is 13.7. The van der Waals surface area contributed by atoms with E-state index in [1.807, 2.05) is 40.8 Å². The Hall–Kier alpha value is -1.78. The van der Waals surface area contributed by atoms with E-state index in [0.29, 0.717) is 9.26 Å². The van der Waals surface area contributed by atoms with Gasteiger partial charge in [0.15, 0.2) is 11.9 Å². The van der Waals surface area contributed by atoms with Crippen LogP contribution in [-0.2, 0) is 11.3 Å². The lowest BCUT2D eigenvalue weighted by atomic mass is 10.1. The van der Waals surface area contributed by atoms with Crippen molar-refractivity contribution in [1.29, 1.82) is 0 Å². The van der Waals surface area contributed by atoms with Crippen molar-refractivity contribution in [2.24, 2.45) is 0 Å². The minimum Gasteiger partial charge on any atom is -0.444 e. The van der Waals surface area contributed by atoms with E-state index in [0.717, 1.165) is 10.2 Å². The zero-order valence-electron chi connectivity index (χ0n) is 13.3. The Kier molecular flexibility index (Phi) is 4.94. The fourth-order valence-electron chi connectivity index (χ4n) is 2.73. The first kappa shape index (κ1) is 18.0. The number of fused-ring (bicyclic) bond motifs is 1. The maximum atomic E-state index is 13.3. The summed E-state index contributed by atoms with van der Waals surface area (Å²) >= 11 is 1.91. The molecule has 0 aliphatic carbocycles. The Morgan fingerprint density at radius 1 is 1.36 bits per heavy atom. The topological polar surface area (TPSA) is 47.4 Å². The molecule has 3 rings (SSSR count). The summed E-state index contributed by atoms with van der Waals surface area (Å²) in [5.74, 6) is 0.143. The molecule has 1 aromatic heterocycles. The summed E-state index contributed by atoms with van der Waals surface area (Å²) in [5, 5.41) is 3.99. The van der Waals surface area contributed by atoms with Crippen LogP contribution in [0.3, 0.4) is 0 Å². The highest BCUT2D eigenvalue weighted by Crippen LogP contribution is 2.41. The van der Waals surface area contributed by atoms with Gasteiger partial charge in [-0.05, 0) is 41.5 Å². The van der Waals surface area contributed by atoms with E-state index in [2.05, 4.69) is 5.10 Å². The van der Waals surface area contributed by atoms with Crippen LogP contribution in [0.4, 0.5) is 23.8 Å². The Morgan fingerprint density at radius 2 is 2.04 bits per heavy atom. The van der Waals surface area contributed by atoms with Gasteiger partial charge in [-0.25, -0.2) is 9.48 Å². The monoisotopic (exact) mass is 465 g/mol. The molecule has 134 valence electrons. The van der Waals surface area contributed by atoms with E-state index >= 15 is 0 Å². The number of ether oxygens (including phenoxy) is 1. The molecule has 0 radical (unpaired) electrons. The van der Waals surface area contributed by atoms with Crippen LogP contribution in [0.1, 0.15) is 23.7 Å². The van der Waals surface area contributed by atoms with Gasteiger partial charge in [-0.2, -0.15) is 18.3 Å². The normalized spacial score (nSPS) is 17.3. The van der Waals surface area contributed by atoms with Crippen molar-refractivity contribution in [3.8, 4) is 0 Å². The van der Waals surface area contributed by atoms with Crippen LogP contribution in [0.15, 0.2) is 30.3 Å². The third-order valence-corrected chi connectivity index (χ3v) is 5.23. The van der Waals surface area contributed by atoms with Crippen LogP contribution < -0.4 is 4.90 Å². The predicted octanol–water partition coefficient (Wildman–Crippen LogP) is 4.45. The zero-order valence-corrected chi connectivity index (χ0v) is 15.4. The summed E-state index contributed by atoms with van der Waals surface area (Å²) in [6, 6.07) is 7.36. The number of alkyl halides is 3.